The van der Waals surface area contributed by atoms with Crippen LogP contribution in [-0.4, -0.2) is 54.4 Å². The minimum atomic E-state index is -0.152. The summed E-state index contributed by atoms with van der Waals surface area (Å²) < 4.78 is 5.29. The number of ether oxygens (including phenoxy) is 1. The first-order chi connectivity index (χ1) is 9.20. The van der Waals surface area contributed by atoms with E-state index in [1.165, 1.54) is 0 Å². The molecule has 0 aromatic rings. The Kier molecular flexibility index (Phi) is 5.60. The number of nitrogens with two attached hydrogens (primary N) is 1. The van der Waals surface area contributed by atoms with Crippen LogP contribution in [0.5, 0.6) is 0 Å². The topological polar surface area (TPSA) is 75.8 Å². The van der Waals surface area contributed by atoms with Gasteiger partial charge in [0.05, 0.1) is 25.9 Å². The van der Waals surface area contributed by atoms with Gasteiger partial charge in [0.1, 0.15) is 0 Å². The average Bonchev–Trinajstić information content (AvgIpc) is 2.46. The number of hydrogen-bond donors (Lipinski definition) is 2. The zero-order chi connectivity index (χ0) is 13.7. The lowest BCUT2D eigenvalue weighted by molar-refractivity contribution is -0.142. The van der Waals surface area contributed by atoms with Crippen LogP contribution in [0.2, 0.25) is 0 Å². The molecular formula is C14H26N2O3. The zero-order valence-corrected chi connectivity index (χ0v) is 11.6. The summed E-state index contributed by atoms with van der Waals surface area (Å²) in [6.45, 7) is 1.64. The highest BCUT2D eigenvalue weighted by atomic mass is 16.5. The van der Waals surface area contributed by atoms with Gasteiger partial charge < -0.3 is 20.5 Å². The molecule has 2 aliphatic rings. The number of morpholine rings is 1. The number of carbonyl (C=O) groups excluding carboxylic acids is 1. The third kappa shape index (κ3) is 4.16. The summed E-state index contributed by atoms with van der Waals surface area (Å²) in [5.74, 6) is 0.814. The highest BCUT2D eigenvalue weighted by Gasteiger charge is 2.27. The Balaban J connectivity index is 1.74. The number of hydrogen-bond acceptors (Lipinski definition) is 4. The molecule has 1 saturated heterocycles. The molecule has 1 amide bonds. The first kappa shape index (κ1) is 14.8. The van der Waals surface area contributed by atoms with E-state index in [9.17, 15) is 9.90 Å². The highest BCUT2D eigenvalue weighted by Crippen LogP contribution is 2.27. The Hall–Kier alpha value is -0.650. The van der Waals surface area contributed by atoms with Crippen molar-refractivity contribution < 1.29 is 14.6 Å². The Labute approximate surface area is 115 Å². The number of nitrogens with zero attached hydrogens (tertiary/aromatic N) is 1. The maximum absolute atomic E-state index is 12.2. The SMILES string of the molecule is NC1CCC(CCC(=O)N2CCOCC2CO)CC1. The largest absolute Gasteiger partial charge is 0.394 e. The van der Waals surface area contributed by atoms with Crippen LogP contribution in [0.3, 0.4) is 0 Å². The van der Waals surface area contributed by atoms with Gasteiger partial charge in [0.25, 0.3) is 0 Å². The van der Waals surface area contributed by atoms with Crippen molar-refractivity contribution in [2.75, 3.05) is 26.4 Å². The van der Waals surface area contributed by atoms with Crippen LogP contribution in [0, 0.1) is 5.92 Å². The maximum Gasteiger partial charge on any atom is 0.223 e. The van der Waals surface area contributed by atoms with E-state index in [1.54, 1.807) is 4.90 Å². The van der Waals surface area contributed by atoms with Crippen molar-refractivity contribution in [3.63, 3.8) is 0 Å². The normalized spacial score (nSPS) is 32.3. The molecule has 1 saturated carbocycles. The summed E-state index contributed by atoms with van der Waals surface area (Å²) in [7, 11) is 0. The van der Waals surface area contributed by atoms with Gasteiger partial charge in [-0.2, -0.15) is 0 Å². The quantitative estimate of drug-likeness (QED) is 0.780. The fourth-order valence-corrected chi connectivity index (χ4v) is 3.08. The second-order valence-electron chi connectivity index (χ2n) is 5.82. The number of carbonyl (C=O) groups is 1. The van der Waals surface area contributed by atoms with Gasteiger partial charge >= 0.3 is 0 Å². The van der Waals surface area contributed by atoms with Crippen molar-refractivity contribution in [3.8, 4) is 0 Å². The smallest absolute Gasteiger partial charge is 0.223 e. The molecule has 5 nitrogen and oxygen atoms in total. The number of amides is 1. The molecule has 19 heavy (non-hydrogen) atoms. The second kappa shape index (κ2) is 7.22. The summed E-state index contributed by atoms with van der Waals surface area (Å²) in [6, 6.07) is 0.214. The van der Waals surface area contributed by atoms with Gasteiger partial charge in [0, 0.05) is 19.0 Å². The van der Waals surface area contributed by atoms with Crippen molar-refractivity contribution in [2.45, 2.75) is 50.6 Å². The predicted molar refractivity (Wildman–Crippen MR) is 72.6 cm³/mol. The molecule has 110 valence electrons. The molecule has 2 fully saturated rings. The van der Waals surface area contributed by atoms with Gasteiger partial charge in [-0.25, -0.2) is 0 Å². The highest BCUT2D eigenvalue weighted by molar-refractivity contribution is 5.76. The molecule has 1 unspecified atom stereocenters. The van der Waals surface area contributed by atoms with Gasteiger partial charge in [-0.3, -0.25) is 4.79 Å². The first-order valence-corrected chi connectivity index (χ1v) is 7.44. The van der Waals surface area contributed by atoms with Crippen LogP contribution >= 0.6 is 0 Å². The van der Waals surface area contributed by atoms with Crippen molar-refractivity contribution in [1.82, 2.24) is 4.90 Å². The van der Waals surface area contributed by atoms with Gasteiger partial charge in [-0.05, 0) is 38.0 Å². The molecule has 0 spiro atoms. The summed E-state index contributed by atoms with van der Waals surface area (Å²) in [4.78, 5) is 14.0. The van der Waals surface area contributed by atoms with Crippen LogP contribution in [0.1, 0.15) is 38.5 Å². The van der Waals surface area contributed by atoms with E-state index in [4.69, 9.17) is 10.5 Å². The van der Waals surface area contributed by atoms with Crippen molar-refractivity contribution in [1.29, 1.82) is 0 Å². The van der Waals surface area contributed by atoms with Gasteiger partial charge in [0.2, 0.25) is 5.91 Å². The van der Waals surface area contributed by atoms with Crippen LogP contribution in [0.4, 0.5) is 0 Å². The third-order valence-electron chi connectivity index (χ3n) is 4.42. The Morgan fingerprint density at radius 1 is 1.32 bits per heavy atom. The Morgan fingerprint density at radius 2 is 2.05 bits per heavy atom. The lowest BCUT2D eigenvalue weighted by Gasteiger charge is -2.35. The van der Waals surface area contributed by atoms with Gasteiger partial charge in [-0.1, -0.05) is 0 Å². The standard InChI is InChI=1S/C14H26N2O3/c15-12-4-1-11(2-5-12)3-6-14(18)16-7-8-19-10-13(16)9-17/h11-13,17H,1-10,15H2. The van der Waals surface area contributed by atoms with E-state index in [0.29, 0.717) is 38.1 Å². The number of rotatable bonds is 4. The first-order valence-electron chi connectivity index (χ1n) is 7.44. The molecule has 0 bridgehead atoms. The molecule has 5 heteroatoms. The second-order valence-corrected chi connectivity index (χ2v) is 5.82. The summed E-state index contributed by atoms with van der Waals surface area (Å²) >= 11 is 0. The molecule has 2 rings (SSSR count). The monoisotopic (exact) mass is 270 g/mol. The maximum atomic E-state index is 12.2. The van der Waals surface area contributed by atoms with E-state index < -0.39 is 0 Å². The molecule has 0 radical (unpaired) electrons. The van der Waals surface area contributed by atoms with Crippen molar-refractivity contribution >= 4 is 5.91 Å². The van der Waals surface area contributed by atoms with Crippen molar-refractivity contribution in [3.05, 3.63) is 0 Å². The van der Waals surface area contributed by atoms with Crippen LogP contribution < -0.4 is 5.73 Å². The molecule has 0 aromatic carbocycles. The van der Waals surface area contributed by atoms with E-state index in [1.807, 2.05) is 0 Å². The molecular weight excluding hydrogens is 244 g/mol. The van der Waals surface area contributed by atoms with Crippen molar-refractivity contribution in [2.24, 2.45) is 11.7 Å². The fraction of sp³-hybridized carbons (Fsp3) is 0.929. The number of aliphatic hydroxyl groups is 1. The minimum absolute atomic E-state index is 0.00990. The van der Waals surface area contributed by atoms with Gasteiger partial charge in [0.15, 0.2) is 0 Å². The molecule has 1 heterocycles. The molecule has 0 aromatic heterocycles. The summed E-state index contributed by atoms with van der Waals surface area (Å²) in [5, 5.41) is 9.27. The molecule has 1 atom stereocenters. The Morgan fingerprint density at radius 3 is 2.74 bits per heavy atom. The van der Waals surface area contributed by atoms with E-state index in [-0.39, 0.29) is 18.6 Å². The average molecular weight is 270 g/mol. The summed E-state index contributed by atoms with van der Waals surface area (Å²) in [6.07, 6.45) is 6.05. The molecule has 3 N–H and O–H groups in total. The van der Waals surface area contributed by atoms with Crippen LogP contribution in [0.25, 0.3) is 0 Å². The predicted octanol–water partition coefficient (Wildman–Crippen LogP) is 0.504. The summed E-state index contributed by atoms with van der Waals surface area (Å²) in [5.41, 5.74) is 5.89. The zero-order valence-electron chi connectivity index (χ0n) is 11.6. The van der Waals surface area contributed by atoms with E-state index in [2.05, 4.69) is 0 Å². The third-order valence-corrected chi connectivity index (χ3v) is 4.42. The van der Waals surface area contributed by atoms with Crippen LogP contribution in [-0.2, 0) is 9.53 Å². The Bertz CT molecular complexity index is 290. The number of aliphatic hydroxyl groups excluding tert-OH is 1. The van der Waals surface area contributed by atoms with E-state index in [0.717, 1.165) is 32.1 Å². The fourth-order valence-electron chi connectivity index (χ4n) is 3.08. The lowest BCUT2D eigenvalue weighted by atomic mass is 9.83. The van der Waals surface area contributed by atoms with Crippen LogP contribution in [0.15, 0.2) is 0 Å². The molecule has 1 aliphatic carbocycles. The lowest BCUT2D eigenvalue weighted by Crippen LogP contribution is -2.50. The van der Waals surface area contributed by atoms with Gasteiger partial charge in [-0.15, -0.1) is 0 Å². The minimum Gasteiger partial charge on any atom is -0.394 e. The molecule has 1 aliphatic heterocycles. The van der Waals surface area contributed by atoms with E-state index >= 15 is 0 Å².